The van der Waals surface area contributed by atoms with Crippen molar-refractivity contribution in [2.24, 2.45) is 0 Å². The second kappa shape index (κ2) is 8.42. The van der Waals surface area contributed by atoms with Crippen LogP contribution in [0.5, 0.6) is 0 Å². The number of piperazine rings is 1. The number of carbonyl (C=O) groups is 1. The van der Waals surface area contributed by atoms with Crippen LogP contribution in [-0.2, 0) is 11.3 Å². The van der Waals surface area contributed by atoms with Crippen molar-refractivity contribution >= 4 is 22.9 Å². The average Bonchev–Trinajstić information content (AvgIpc) is 3.11. The molecule has 1 aromatic carbocycles. The molecule has 0 saturated carbocycles. The number of benzene rings is 1. The monoisotopic (exact) mass is 343 g/mol. The van der Waals surface area contributed by atoms with Crippen LogP contribution in [0, 0.1) is 0 Å². The van der Waals surface area contributed by atoms with Gasteiger partial charge in [0.1, 0.15) is 0 Å². The van der Waals surface area contributed by atoms with E-state index in [9.17, 15) is 4.79 Å². The summed E-state index contributed by atoms with van der Waals surface area (Å²) in [6.45, 7) is 7.04. The second-order valence-electron chi connectivity index (χ2n) is 6.22. The third-order valence-electron chi connectivity index (χ3n) is 4.56. The number of thiophene rings is 1. The van der Waals surface area contributed by atoms with E-state index in [0.29, 0.717) is 0 Å². The zero-order valence-electron chi connectivity index (χ0n) is 14.1. The minimum absolute atomic E-state index is 0.0477. The lowest BCUT2D eigenvalue weighted by molar-refractivity contribution is -0.122. The Morgan fingerprint density at radius 2 is 1.92 bits per heavy atom. The Morgan fingerprint density at radius 1 is 1.17 bits per heavy atom. The van der Waals surface area contributed by atoms with E-state index >= 15 is 0 Å². The summed E-state index contributed by atoms with van der Waals surface area (Å²) in [6, 6.07) is 11.9. The Kier molecular flexibility index (Phi) is 6.01. The number of hydrogen-bond donors (Lipinski definition) is 1. The van der Waals surface area contributed by atoms with Crippen LogP contribution in [0.25, 0.3) is 0 Å². The minimum Gasteiger partial charge on any atom is -0.325 e. The van der Waals surface area contributed by atoms with Crippen LogP contribution in [0.15, 0.2) is 47.2 Å². The van der Waals surface area contributed by atoms with Gasteiger partial charge in [-0.3, -0.25) is 14.6 Å². The molecule has 0 bridgehead atoms. The number of carbonyl (C=O) groups excluding carboxylic acids is 1. The molecular formula is C19H25N3OS. The van der Waals surface area contributed by atoms with Gasteiger partial charge in [-0.2, -0.15) is 11.3 Å². The van der Waals surface area contributed by atoms with Gasteiger partial charge in [0.2, 0.25) is 5.91 Å². The first-order valence-corrected chi connectivity index (χ1v) is 9.54. The van der Waals surface area contributed by atoms with Gasteiger partial charge < -0.3 is 5.32 Å². The standard InChI is InChI=1S/C19H25N3OS/c1-2-18(19(23)20-17-6-4-3-5-7-17)22-11-9-21(10-12-22)14-16-8-13-24-15-16/h3-8,13,15,18H,2,9-12,14H2,1H3,(H,20,23)/t18-/m1/s1. The first-order valence-electron chi connectivity index (χ1n) is 8.59. The number of nitrogens with zero attached hydrogens (tertiary/aromatic N) is 2. The molecule has 2 aromatic rings. The molecule has 0 spiro atoms. The zero-order valence-corrected chi connectivity index (χ0v) is 15.0. The van der Waals surface area contributed by atoms with E-state index in [-0.39, 0.29) is 11.9 Å². The summed E-state index contributed by atoms with van der Waals surface area (Å²) in [7, 11) is 0. The van der Waals surface area contributed by atoms with Gasteiger partial charge in [0.05, 0.1) is 6.04 Å². The maximum atomic E-state index is 12.6. The third-order valence-corrected chi connectivity index (χ3v) is 5.30. The highest BCUT2D eigenvalue weighted by atomic mass is 32.1. The summed E-state index contributed by atoms with van der Waals surface area (Å²) in [4.78, 5) is 17.4. The number of rotatable bonds is 6. The molecule has 0 unspecified atom stereocenters. The maximum Gasteiger partial charge on any atom is 0.241 e. The van der Waals surface area contributed by atoms with Gasteiger partial charge in [-0.05, 0) is 40.9 Å². The van der Waals surface area contributed by atoms with E-state index in [4.69, 9.17) is 0 Å². The maximum absolute atomic E-state index is 12.6. The van der Waals surface area contributed by atoms with Crippen LogP contribution in [0.4, 0.5) is 5.69 Å². The van der Waals surface area contributed by atoms with Gasteiger partial charge in [0, 0.05) is 38.4 Å². The Balaban J connectivity index is 1.52. The van der Waals surface area contributed by atoms with Crippen molar-refractivity contribution in [2.75, 3.05) is 31.5 Å². The van der Waals surface area contributed by atoms with Crippen molar-refractivity contribution in [1.29, 1.82) is 0 Å². The Bertz CT molecular complexity index is 621. The molecule has 1 amide bonds. The van der Waals surface area contributed by atoms with Crippen LogP contribution in [0.1, 0.15) is 18.9 Å². The quantitative estimate of drug-likeness (QED) is 0.874. The van der Waals surface area contributed by atoms with E-state index in [0.717, 1.165) is 44.8 Å². The number of nitrogens with one attached hydrogen (secondary N) is 1. The van der Waals surface area contributed by atoms with E-state index < -0.39 is 0 Å². The lowest BCUT2D eigenvalue weighted by atomic mass is 10.1. The highest BCUT2D eigenvalue weighted by Gasteiger charge is 2.27. The minimum atomic E-state index is -0.0477. The van der Waals surface area contributed by atoms with E-state index in [1.54, 1.807) is 11.3 Å². The van der Waals surface area contributed by atoms with Gasteiger partial charge in [-0.25, -0.2) is 0 Å². The number of hydrogen-bond acceptors (Lipinski definition) is 4. The van der Waals surface area contributed by atoms with Gasteiger partial charge in [-0.1, -0.05) is 25.1 Å². The molecule has 1 aliphatic heterocycles. The normalized spacial score (nSPS) is 17.5. The van der Waals surface area contributed by atoms with E-state index in [1.165, 1.54) is 5.56 Å². The molecule has 1 saturated heterocycles. The summed E-state index contributed by atoms with van der Waals surface area (Å²) in [5.74, 6) is 0.106. The van der Waals surface area contributed by atoms with Crippen molar-refractivity contribution in [1.82, 2.24) is 9.80 Å². The molecule has 1 atom stereocenters. The van der Waals surface area contributed by atoms with Crippen molar-refractivity contribution in [3.63, 3.8) is 0 Å². The van der Waals surface area contributed by atoms with Crippen molar-refractivity contribution in [2.45, 2.75) is 25.9 Å². The SMILES string of the molecule is CC[C@H](C(=O)Nc1ccccc1)N1CCN(Cc2ccsc2)CC1. The average molecular weight is 343 g/mol. The molecule has 1 N–H and O–H groups in total. The molecular weight excluding hydrogens is 318 g/mol. The molecule has 5 heteroatoms. The third kappa shape index (κ3) is 4.44. The van der Waals surface area contributed by atoms with Gasteiger partial charge in [0.15, 0.2) is 0 Å². The summed E-state index contributed by atoms with van der Waals surface area (Å²) < 4.78 is 0. The van der Waals surface area contributed by atoms with Crippen LogP contribution >= 0.6 is 11.3 Å². The van der Waals surface area contributed by atoms with Gasteiger partial charge >= 0.3 is 0 Å². The van der Waals surface area contributed by atoms with E-state index in [1.807, 2.05) is 30.3 Å². The molecule has 3 rings (SSSR count). The Morgan fingerprint density at radius 3 is 2.54 bits per heavy atom. The number of anilines is 1. The van der Waals surface area contributed by atoms with Gasteiger partial charge in [-0.15, -0.1) is 0 Å². The first kappa shape index (κ1) is 17.1. The topological polar surface area (TPSA) is 35.6 Å². The molecule has 0 radical (unpaired) electrons. The van der Waals surface area contributed by atoms with Crippen molar-refractivity contribution < 1.29 is 4.79 Å². The van der Waals surface area contributed by atoms with E-state index in [2.05, 4.69) is 38.9 Å². The second-order valence-corrected chi connectivity index (χ2v) is 7.00. The molecule has 1 aliphatic rings. The largest absolute Gasteiger partial charge is 0.325 e. The molecule has 4 nitrogen and oxygen atoms in total. The molecule has 0 aliphatic carbocycles. The highest BCUT2D eigenvalue weighted by molar-refractivity contribution is 7.07. The van der Waals surface area contributed by atoms with Crippen LogP contribution in [0.3, 0.4) is 0 Å². The van der Waals surface area contributed by atoms with Crippen LogP contribution in [0.2, 0.25) is 0 Å². The van der Waals surface area contributed by atoms with Crippen molar-refractivity contribution in [3.8, 4) is 0 Å². The summed E-state index contributed by atoms with van der Waals surface area (Å²) in [6.07, 6.45) is 0.837. The van der Waals surface area contributed by atoms with Crippen molar-refractivity contribution in [3.05, 3.63) is 52.7 Å². The smallest absolute Gasteiger partial charge is 0.241 e. The molecule has 2 heterocycles. The van der Waals surface area contributed by atoms with Crippen LogP contribution < -0.4 is 5.32 Å². The van der Waals surface area contributed by atoms with Crippen LogP contribution in [-0.4, -0.2) is 47.9 Å². The lowest BCUT2D eigenvalue weighted by Gasteiger charge is -2.38. The fourth-order valence-corrected chi connectivity index (χ4v) is 3.89. The number of para-hydroxylation sites is 1. The fraction of sp³-hybridized carbons (Fsp3) is 0.421. The predicted octanol–water partition coefficient (Wildman–Crippen LogP) is 3.28. The fourth-order valence-electron chi connectivity index (χ4n) is 3.23. The summed E-state index contributed by atoms with van der Waals surface area (Å²) in [5.41, 5.74) is 2.26. The zero-order chi connectivity index (χ0) is 16.8. The summed E-state index contributed by atoms with van der Waals surface area (Å²) >= 11 is 1.75. The Hall–Kier alpha value is -1.69. The molecule has 24 heavy (non-hydrogen) atoms. The molecule has 1 aromatic heterocycles. The highest BCUT2D eigenvalue weighted by Crippen LogP contribution is 2.15. The predicted molar refractivity (Wildman–Crippen MR) is 100 cm³/mol. The first-order chi connectivity index (χ1) is 11.8. The molecule has 128 valence electrons. The van der Waals surface area contributed by atoms with Gasteiger partial charge in [0.25, 0.3) is 0 Å². The summed E-state index contributed by atoms with van der Waals surface area (Å²) in [5, 5.41) is 7.39. The Labute approximate surface area is 148 Å². The molecule has 1 fully saturated rings. The lowest BCUT2D eigenvalue weighted by Crippen LogP contribution is -2.53. The number of amides is 1.